The largest absolute Gasteiger partial charge is 0.508 e. The van der Waals surface area contributed by atoms with Gasteiger partial charge in [0.1, 0.15) is 11.5 Å². The van der Waals surface area contributed by atoms with Crippen molar-refractivity contribution < 1.29 is 14.3 Å². The molecule has 1 heterocycles. The lowest BCUT2D eigenvalue weighted by Crippen LogP contribution is -2.34. The van der Waals surface area contributed by atoms with Crippen LogP contribution in [0.25, 0.3) is 0 Å². The quantitative estimate of drug-likeness (QED) is 0.685. The molecule has 2 aromatic carbocycles. The smallest absolute Gasteiger partial charge is 0.322 e. The molecule has 0 aliphatic carbocycles. The first-order valence-corrected chi connectivity index (χ1v) is 8.11. The molecule has 2 amide bonds. The number of nitrogens with one attached hydrogen (secondary N) is 1. The zero-order valence-electron chi connectivity index (χ0n) is 13.4. The molecular weight excluding hydrogens is 340 g/mol. The summed E-state index contributed by atoms with van der Waals surface area (Å²) in [6.45, 7) is 0.487. The zero-order chi connectivity index (χ0) is 17.6. The highest BCUT2D eigenvalue weighted by molar-refractivity contribution is 6.33. The summed E-state index contributed by atoms with van der Waals surface area (Å²) in [6.07, 6.45) is 1.56. The fourth-order valence-electron chi connectivity index (χ4n) is 2.40. The molecule has 3 rings (SSSR count). The van der Waals surface area contributed by atoms with E-state index in [1.54, 1.807) is 60.9 Å². The van der Waals surface area contributed by atoms with E-state index in [9.17, 15) is 9.90 Å². The highest BCUT2D eigenvalue weighted by Gasteiger charge is 2.18. The van der Waals surface area contributed by atoms with E-state index in [-0.39, 0.29) is 24.9 Å². The maximum Gasteiger partial charge on any atom is 0.322 e. The summed E-state index contributed by atoms with van der Waals surface area (Å²) >= 11 is 6.11. The van der Waals surface area contributed by atoms with Gasteiger partial charge < -0.3 is 19.7 Å². The third-order valence-corrected chi connectivity index (χ3v) is 4.01. The van der Waals surface area contributed by atoms with Crippen LogP contribution in [0.3, 0.4) is 0 Å². The van der Waals surface area contributed by atoms with Gasteiger partial charge in [0.15, 0.2) is 0 Å². The van der Waals surface area contributed by atoms with Crippen molar-refractivity contribution in [2.75, 3.05) is 5.32 Å². The van der Waals surface area contributed by atoms with Gasteiger partial charge in [-0.1, -0.05) is 41.9 Å². The van der Waals surface area contributed by atoms with Gasteiger partial charge >= 0.3 is 6.03 Å². The number of carbonyl (C=O) groups excluding carboxylic acids is 1. The van der Waals surface area contributed by atoms with Crippen molar-refractivity contribution in [1.82, 2.24) is 4.90 Å². The Bertz CT molecular complexity index is 849. The molecule has 0 spiro atoms. The van der Waals surface area contributed by atoms with Crippen LogP contribution in [0, 0.1) is 0 Å². The highest BCUT2D eigenvalue weighted by atomic mass is 35.5. The summed E-state index contributed by atoms with van der Waals surface area (Å²) in [5, 5.41) is 13.2. The van der Waals surface area contributed by atoms with Crippen molar-refractivity contribution in [2.24, 2.45) is 0 Å². The monoisotopic (exact) mass is 356 g/mol. The molecule has 0 atom stereocenters. The molecule has 0 fully saturated rings. The minimum absolute atomic E-state index is 0.137. The molecule has 0 aliphatic heterocycles. The summed E-state index contributed by atoms with van der Waals surface area (Å²) in [5.41, 5.74) is 1.17. The van der Waals surface area contributed by atoms with Gasteiger partial charge in [0.05, 0.1) is 30.1 Å². The number of phenols is 1. The van der Waals surface area contributed by atoms with Crippen LogP contribution in [-0.4, -0.2) is 16.0 Å². The van der Waals surface area contributed by atoms with Crippen molar-refractivity contribution in [3.8, 4) is 5.75 Å². The maximum absolute atomic E-state index is 12.7. The summed E-state index contributed by atoms with van der Waals surface area (Å²) in [4.78, 5) is 14.3. The predicted molar refractivity (Wildman–Crippen MR) is 96.5 cm³/mol. The number of para-hydroxylation sites is 2. The Labute approximate surface area is 150 Å². The lowest BCUT2D eigenvalue weighted by atomic mass is 10.2. The second-order valence-corrected chi connectivity index (χ2v) is 5.88. The van der Waals surface area contributed by atoms with Crippen molar-refractivity contribution >= 4 is 23.3 Å². The number of urea groups is 1. The maximum atomic E-state index is 12.7. The van der Waals surface area contributed by atoms with Gasteiger partial charge in [-0.05, 0) is 30.3 Å². The van der Waals surface area contributed by atoms with Gasteiger partial charge in [0.25, 0.3) is 0 Å². The van der Waals surface area contributed by atoms with Crippen molar-refractivity contribution in [1.29, 1.82) is 0 Å². The number of nitrogens with zero attached hydrogens (tertiary/aromatic N) is 1. The van der Waals surface area contributed by atoms with Gasteiger partial charge in [0, 0.05) is 5.56 Å². The second-order valence-electron chi connectivity index (χ2n) is 5.47. The molecule has 3 aromatic rings. The van der Waals surface area contributed by atoms with E-state index in [1.165, 1.54) is 4.90 Å². The molecule has 0 saturated carbocycles. The van der Waals surface area contributed by atoms with Crippen molar-refractivity contribution in [2.45, 2.75) is 13.1 Å². The van der Waals surface area contributed by atoms with Gasteiger partial charge in [-0.3, -0.25) is 0 Å². The van der Waals surface area contributed by atoms with E-state index < -0.39 is 0 Å². The van der Waals surface area contributed by atoms with Gasteiger partial charge in [-0.15, -0.1) is 0 Å². The third-order valence-electron chi connectivity index (χ3n) is 3.68. The number of carbonyl (C=O) groups is 1. The topological polar surface area (TPSA) is 65.7 Å². The molecule has 0 saturated heterocycles. The molecular formula is C19H17ClN2O3. The fourth-order valence-corrected chi connectivity index (χ4v) is 2.58. The first-order valence-electron chi connectivity index (χ1n) is 7.73. The third kappa shape index (κ3) is 4.33. The standard InChI is InChI=1S/C19H17ClN2O3/c20-16-8-2-3-9-17(16)21-19(24)22(13-15-7-5-11-25-15)12-14-6-1-4-10-18(14)23/h1-11,23H,12-13H2,(H,21,24). The highest BCUT2D eigenvalue weighted by Crippen LogP contribution is 2.23. The first-order chi connectivity index (χ1) is 12.1. The molecule has 0 bridgehead atoms. The van der Waals surface area contributed by atoms with Crippen LogP contribution in [0.5, 0.6) is 5.75 Å². The Morgan fingerprint density at radius 3 is 2.52 bits per heavy atom. The van der Waals surface area contributed by atoms with Gasteiger partial charge in [0.2, 0.25) is 0 Å². The number of rotatable bonds is 5. The molecule has 0 aliphatic rings. The number of hydrogen-bond acceptors (Lipinski definition) is 3. The molecule has 6 heteroatoms. The molecule has 128 valence electrons. The summed E-state index contributed by atoms with van der Waals surface area (Å²) < 4.78 is 5.35. The lowest BCUT2D eigenvalue weighted by molar-refractivity contribution is 0.200. The number of amides is 2. The first kappa shape index (κ1) is 16.9. The fraction of sp³-hybridized carbons (Fsp3) is 0.105. The molecule has 0 radical (unpaired) electrons. The van der Waals surface area contributed by atoms with Crippen LogP contribution >= 0.6 is 11.6 Å². The van der Waals surface area contributed by atoms with E-state index >= 15 is 0 Å². The van der Waals surface area contributed by atoms with E-state index in [0.29, 0.717) is 22.0 Å². The van der Waals surface area contributed by atoms with Crippen LogP contribution < -0.4 is 5.32 Å². The molecule has 0 unspecified atom stereocenters. The Balaban J connectivity index is 1.81. The lowest BCUT2D eigenvalue weighted by Gasteiger charge is -2.23. The number of anilines is 1. The van der Waals surface area contributed by atoms with Crippen LogP contribution in [0.1, 0.15) is 11.3 Å². The molecule has 2 N–H and O–H groups in total. The molecule has 25 heavy (non-hydrogen) atoms. The summed E-state index contributed by atoms with van der Waals surface area (Å²) in [7, 11) is 0. The normalized spacial score (nSPS) is 10.4. The second kappa shape index (κ2) is 7.77. The minimum Gasteiger partial charge on any atom is -0.508 e. The van der Waals surface area contributed by atoms with Crippen LogP contribution in [0.15, 0.2) is 71.3 Å². The Morgan fingerprint density at radius 1 is 1.04 bits per heavy atom. The van der Waals surface area contributed by atoms with E-state index in [2.05, 4.69) is 5.32 Å². The van der Waals surface area contributed by atoms with E-state index in [4.69, 9.17) is 16.0 Å². The summed E-state index contributed by atoms with van der Waals surface area (Å²) in [5.74, 6) is 0.780. The number of aromatic hydroxyl groups is 1. The Kier molecular flexibility index (Phi) is 5.26. The zero-order valence-corrected chi connectivity index (χ0v) is 14.1. The van der Waals surface area contributed by atoms with Crippen LogP contribution in [0.2, 0.25) is 5.02 Å². The Morgan fingerprint density at radius 2 is 1.80 bits per heavy atom. The number of hydrogen-bond donors (Lipinski definition) is 2. The Hall–Kier alpha value is -2.92. The SMILES string of the molecule is O=C(Nc1ccccc1Cl)N(Cc1ccco1)Cc1ccccc1O. The van der Waals surface area contributed by atoms with Crippen molar-refractivity contribution in [3.63, 3.8) is 0 Å². The number of halogens is 1. The van der Waals surface area contributed by atoms with Gasteiger partial charge in [-0.2, -0.15) is 0 Å². The van der Waals surface area contributed by atoms with Gasteiger partial charge in [-0.25, -0.2) is 4.79 Å². The number of furan rings is 1. The number of phenolic OH excluding ortho intramolecular Hbond substituents is 1. The van der Waals surface area contributed by atoms with Crippen molar-refractivity contribution in [3.05, 3.63) is 83.3 Å². The average Bonchev–Trinajstić information content (AvgIpc) is 3.11. The number of benzene rings is 2. The minimum atomic E-state index is -0.340. The van der Waals surface area contributed by atoms with Crippen LogP contribution in [-0.2, 0) is 13.1 Å². The average molecular weight is 357 g/mol. The predicted octanol–water partition coefficient (Wildman–Crippen LogP) is 4.87. The molecule has 5 nitrogen and oxygen atoms in total. The molecule has 1 aromatic heterocycles. The van der Waals surface area contributed by atoms with E-state index in [0.717, 1.165) is 0 Å². The van der Waals surface area contributed by atoms with E-state index in [1.807, 2.05) is 6.07 Å². The summed E-state index contributed by atoms with van der Waals surface area (Å²) in [6, 6.07) is 17.1. The van der Waals surface area contributed by atoms with Crippen LogP contribution in [0.4, 0.5) is 10.5 Å².